The summed E-state index contributed by atoms with van der Waals surface area (Å²) < 4.78 is 23.8. The number of fused-ring (bicyclic) bond motifs is 1. The summed E-state index contributed by atoms with van der Waals surface area (Å²) in [5.74, 6) is 0.506. The van der Waals surface area contributed by atoms with E-state index in [-0.39, 0.29) is 5.75 Å². The van der Waals surface area contributed by atoms with Crippen LogP contribution < -0.4 is 5.73 Å². The number of anilines is 1. The molecule has 2 aromatic rings. The Balaban J connectivity index is 2.21. The highest BCUT2D eigenvalue weighted by molar-refractivity contribution is 7.90. The predicted molar refractivity (Wildman–Crippen MR) is 66.3 cm³/mol. The first-order valence-electron chi connectivity index (χ1n) is 5.22. The van der Waals surface area contributed by atoms with Crippen molar-refractivity contribution in [1.29, 1.82) is 0 Å². The molecular weight excluding hydrogens is 240 g/mol. The molecule has 2 N–H and O–H groups in total. The second-order valence-corrected chi connectivity index (χ2v) is 6.21. The quantitative estimate of drug-likeness (QED) is 0.855. The van der Waals surface area contributed by atoms with Crippen LogP contribution in [0, 0.1) is 0 Å². The molecule has 0 aliphatic carbocycles. The van der Waals surface area contributed by atoms with E-state index in [1.807, 2.05) is 6.07 Å². The predicted octanol–water partition coefficient (Wildman–Crippen LogP) is 0.448. The molecule has 17 heavy (non-hydrogen) atoms. The normalized spacial score (nSPS) is 12.1. The molecule has 0 radical (unpaired) electrons. The highest BCUT2D eigenvalue weighted by Crippen LogP contribution is 2.15. The first-order chi connectivity index (χ1) is 7.97. The van der Waals surface area contributed by atoms with Crippen molar-refractivity contribution in [3.05, 3.63) is 18.3 Å². The van der Waals surface area contributed by atoms with Gasteiger partial charge in [0.1, 0.15) is 15.4 Å². The van der Waals surface area contributed by atoms with Crippen molar-refractivity contribution in [2.24, 2.45) is 0 Å². The zero-order valence-electron chi connectivity index (χ0n) is 9.50. The lowest BCUT2D eigenvalue weighted by molar-refractivity contribution is 0.593. The number of sulfone groups is 1. The standard InChI is InChI=1S/C10H14N4O2S/c1-17(15,16)7-3-6-14-9-8(13-10(14)11)4-2-5-12-9/h2,4-5H,3,6-7H2,1H3,(H2,11,13). The van der Waals surface area contributed by atoms with Gasteiger partial charge in [-0.25, -0.2) is 18.4 Å². The van der Waals surface area contributed by atoms with Gasteiger partial charge >= 0.3 is 0 Å². The van der Waals surface area contributed by atoms with Crippen LogP contribution in [0.1, 0.15) is 6.42 Å². The van der Waals surface area contributed by atoms with Crippen LogP contribution in [-0.4, -0.2) is 35.0 Å². The van der Waals surface area contributed by atoms with E-state index in [0.29, 0.717) is 24.6 Å². The van der Waals surface area contributed by atoms with Crippen molar-refractivity contribution >= 4 is 26.9 Å². The first-order valence-corrected chi connectivity index (χ1v) is 7.28. The van der Waals surface area contributed by atoms with E-state index in [0.717, 1.165) is 5.52 Å². The number of aryl methyl sites for hydroxylation is 1. The zero-order chi connectivity index (χ0) is 12.5. The third-order valence-corrected chi connectivity index (χ3v) is 3.46. The lowest BCUT2D eigenvalue weighted by Crippen LogP contribution is -2.09. The number of aromatic nitrogens is 3. The van der Waals surface area contributed by atoms with E-state index in [1.165, 1.54) is 6.26 Å². The van der Waals surface area contributed by atoms with E-state index >= 15 is 0 Å². The van der Waals surface area contributed by atoms with Gasteiger partial charge < -0.3 is 5.73 Å². The number of hydrogen-bond acceptors (Lipinski definition) is 5. The van der Waals surface area contributed by atoms with Crippen molar-refractivity contribution < 1.29 is 8.42 Å². The van der Waals surface area contributed by atoms with Crippen molar-refractivity contribution in [1.82, 2.24) is 14.5 Å². The summed E-state index contributed by atoms with van der Waals surface area (Å²) in [6, 6.07) is 3.61. The maximum absolute atomic E-state index is 11.0. The Morgan fingerprint density at radius 3 is 2.94 bits per heavy atom. The minimum absolute atomic E-state index is 0.138. The number of nitrogens with two attached hydrogens (primary N) is 1. The minimum Gasteiger partial charge on any atom is -0.369 e. The summed E-state index contributed by atoms with van der Waals surface area (Å²) in [7, 11) is -2.94. The Labute approximate surface area is 99.4 Å². The molecule has 0 aliphatic rings. The van der Waals surface area contributed by atoms with Gasteiger partial charge in [-0.05, 0) is 18.6 Å². The number of rotatable bonds is 4. The molecule has 0 fully saturated rings. The van der Waals surface area contributed by atoms with Gasteiger partial charge in [-0.1, -0.05) is 0 Å². The molecule has 2 aromatic heterocycles. The van der Waals surface area contributed by atoms with E-state index in [2.05, 4.69) is 9.97 Å². The number of pyridine rings is 1. The van der Waals surface area contributed by atoms with Gasteiger partial charge in [-0.2, -0.15) is 0 Å². The van der Waals surface area contributed by atoms with Crippen LogP contribution in [0.5, 0.6) is 0 Å². The molecule has 2 heterocycles. The molecule has 2 rings (SSSR count). The first kappa shape index (κ1) is 11.8. The van der Waals surface area contributed by atoms with Gasteiger partial charge in [0.25, 0.3) is 0 Å². The lowest BCUT2D eigenvalue weighted by Gasteiger charge is -2.04. The summed E-state index contributed by atoms with van der Waals surface area (Å²) in [6.07, 6.45) is 3.39. The molecule has 6 nitrogen and oxygen atoms in total. The Morgan fingerprint density at radius 2 is 2.24 bits per heavy atom. The highest BCUT2D eigenvalue weighted by Gasteiger charge is 2.09. The van der Waals surface area contributed by atoms with Gasteiger partial charge in [0, 0.05) is 19.0 Å². The van der Waals surface area contributed by atoms with Gasteiger partial charge in [0.2, 0.25) is 5.95 Å². The Bertz CT molecular complexity index is 633. The maximum Gasteiger partial charge on any atom is 0.202 e. The summed E-state index contributed by atoms with van der Waals surface area (Å²) in [5.41, 5.74) is 7.18. The minimum atomic E-state index is -2.94. The highest BCUT2D eigenvalue weighted by atomic mass is 32.2. The van der Waals surface area contributed by atoms with E-state index in [1.54, 1.807) is 16.8 Å². The zero-order valence-corrected chi connectivity index (χ0v) is 10.3. The largest absolute Gasteiger partial charge is 0.369 e. The van der Waals surface area contributed by atoms with Crippen molar-refractivity contribution in [2.45, 2.75) is 13.0 Å². The lowest BCUT2D eigenvalue weighted by atomic mass is 10.4. The smallest absolute Gasteiger partial charge is 0.202 e. The maximum atomic E-state index is 11.0. The third-order valence-electron chi connectivity index (χ3n) is 2.43. The second-order valence-electron chi connectivity index (χ2n) is 3.95. The third kappa shape index (κ3) is 2.73. The van der Waals surface area contributed by atoms with Crippen molar-refractivity contribution in [3.8, 4) is 0 Å². The molecular formula is C10H14N4O2S. The fourth-order valence-electron chi connectivity index (χ4n) is 1.68. The average Bonchev–Trinajstić information content (AvgIpc) is 2.54. The summed E-state index contributed by atoms with van der Waals surface area (Å²) in [6.45, 7) is 0.506. The van der Waals surface area contributed by atoms with E-state index in [4.69, 9.17) is 5.73 Å². The molecule has 0 unspecified atom stereocenters. The molecule has 0 atom stereocenters. The molecule has 92 valence electrons. The fourth-order valence-corrected chi connectivity index (χ4v) is 2.33. The second kappa shape index (κ2) is 4.33. The molecule has 0 bridgehead atoms. The van der Waals surface area contributed by atoms with Crippen LogP contribution >= 0.6 is 0 Å². The molecule has 7 heteroatoms. The topological polar surface area (TPSA) is 90.9 Å². The molecule has 0 aliphatic heterocycles. The monoisotopic (exact) mass is 254 g/mol. The Kier molecular flexibility index (Phi) is 3.01. The van der Waals surface area contributed by atoms with Crippen LogP contribution in [0.4, 0.5) is 5.95 Å². The van der Waals surface area contributed by atoms with Crippen molar-refractivity contribution in [2.75, 3.05) is 17.7 Å². The van der Waals surface area contributed by atoms with Crippen LogP contribution in [0.2, 0.25) is 0 Å². The van der Waals surface area contributed by atoms with Crippen LogP contribution in [0.15, 0.2) is 18.3 Å². The fraction of sp³-hybridized carbons (Fsp3) is 0.400. The number of nitrogens with zero attached hydrogens (tertiary/aromatic N) is 3. The van der Waals surface area contributed by atoms with Crippen LogP contribution in [-0.2, 0) is 16.4 Å². The van der Waals surface area contributed by atoms with E-state index in [9.17, 15) is 8.42 Å². The van der Waals surface area contributed by atoms with Crippen molar-refractivity contribution in [3.63, 3.8) is 0 Å². The van der Waals surface area contributed by atoms with Gasteiger partial charge in [0.15, 0.2) is 5.65 Å². The number of imidazole rings is 1. The molecule has 0 spiro atoms. The van der Waals surface area contributed by atoms with Gasteiger partial charge in [-0.15, -0.1) is 0 Å². The summed E-state index contributed by atoms with van der Waals surface area (Å²) in [5, 5.41) is 0. The molecule has 0 aromatic carbocycles. The van der Waals surface area contributed by atoms with Crippen LogP contribution in [0.25, 0.3) is 11.2 Å². The molecule has 0 amide bonds. The van der Waals surface area contributed by atoms with Gasteiger partial charge in [0.05, 0.1) is 5.75 Å². The summed E-state index contributed by atoms with van der Waals surface area (Å²) in [4.78, 5) is 8.35. The van der Waals surface area contributed by atoms with Crippen LogP contribution in [0.3, 0.4) is 0 Å². The molecule has 0 saturated heterocycles. The Morgan fingerprint density at radius 1 is 1.47 bits per heavy atom. The number of hydrogen-bond donors (Lipinski definition) is 1. The van der Waals surface area contributed by atoms with Gasteiger partial charge in [-0.3, -0.25) is 4.57 Å². The Hall–Kier alpha value is -1.63. The molecule has 0 saturated carbocycles. The average molecular weight is 254 g/mol. The summed E-state index contributed by atoms with van der Waals surface area (Å²) >= 11 is 0. The van der Waals surface area contributed by atoms with E-state index < -0.39 is 9.84 Å². The number of nitrogen functional groups attached to an aromatic ring is 1. The SMILES string of the molecule is CS(=O)(=O)CCCn1c(N)nc2cccnc21.